The maximum atomic E-state index is 5.36. The number of benzene rings is 2. The normalized spacial score (nSPS) is 10.6. The quantitative estimate of drug-likeness (QED) is 0.700. The number of aryl methyl sites for hydroxylation is 1. The molecule has 0 aliphatic heterocycles. The first kappa shape index (κ1) is 12.1. The highest BCUT2D eigenvalue weighted by molar-refractivity contribution is 9.10. The van der Waals surface area contributed by atoms with E-state index < -0.39 is 0 Å². The molecule has 1 heterocycles. The van der Waals surface area contributed by atoms with Gasteiger partial charge in [-0.2, -0.15) is 4.98 Å². The first-order chi connectivity index (χ1) is 9.25. The lowest BCUT2D eigenvalue weighted by molar-refractivity contribution is 0.432. The lowest BCUT2D eigenvalue weighted by atomic mass is 10.1. The van der Waals surface area contributed by atoms with Crippen molar-refractivity contribution in [1.29, 1.82) is 0 Å². The van der Waals surface area contributed by atoms with E-state index in [0.717, 1.165) is 21.2 Å². The summed E-state index contributed by atoms with van der Waals surface area (Å²) in [7, 11) is 0. The van der Waals surface area contributed by atoms with Crippen molar-refractivity contribution < 1.29 is 4.52 Å². The van der Waals surface area contributed by atoms with Crippen LogP contribution in [0.2, 0.25) is 0 Å². The van der Waals surface area contributed by atoms with Crippen molar-refractivity contribution in [1.82, 2.24) is 10.1 Å². The van der Waals surface area contributed by atoms with E-state index in [1.807, 2.05) is 55.5 Å². The molecule has 0 radical (unpaired) electrons. The number of hydrogen-bond donors (Lipinski definition) is 0. The third-order valence-electron chi connectivity index (χ3n) is 2.92. The Hall–Kier alpha value is -1.94. The van der Waals surface area contributed by atoms with Gasteiger partial charge in [0.2, 0.25) is 5.82 Å². The van der Waals surface area contributed by atoms with Gasteiger partial charge in [-0.1, -0.05) is 51.4 Å². The second-order valence-corrected chi connectivity index (χ2v) is 5.07. The average Bonchev–Trinajstić information content (AvgIpc) is 2.89. The highest BCUT2D eigenvalue weighted by Gasteiger charge is 2.13. The minimum absolute atomic E-state index is 0.545. The smallest absolute Gasteiger partial charge is 0.258 e. The van der Waals surface area contributed by atoms with Crippen LogP contribution in [-0.2, 0) is 0 Å². The van der Waals surface area contributed by atoms with Crippen molar-refractivity contribution in [3.05, 3.63) is 58.6 Å². The van der Waals surface area contributed by atoms with Crippen molar-refractivity contribution in [3.63, 3.8) is 0 Å². The van der Waals surface area contributed by atoms with E-state index in [0.29, 0.717) is 11.7 Å². The molecule has 19 heavy (non-hydrogen) atoms. The van der Waals surface area contributed by atoms with Gasteiger partial charge in [0.1, 0.15) is 0 Å². The van der Waals surface area contributed by atoms with Gasteiger partial charge in [-0.15, -0.1) is 0 Å². The van der Waals surface area contributed by atoms with Gasteiger partial charge in [-0.05, 0) is 30.7 Å². The fourth-order valence-corrected chi connectivity index (χ4v) is 2.36. The zero-order chi connectivity index (χ0) is 13.2. The molecule has 0 saturated heterocycles. The molecule has 0 bridgehead atoms. The van der Waals surface area contributed by atoms with Crippen LogP contribution in [-0.4, -0.2) is 10.1 Å². The molecular weight excluding hydrogens is 304 g/mol. The van der Waals surface area contributed by atoms with Crippen LogP contribution in [0.15, 0.2) is 57.5 Å². The Balaban J connectivity index is 2.06. The molecule has 0 fully saturated rings. The summed E-state index contributed by atoms with van der Waals surface area (Å²) in [4.78, 5) is 4.46. The molecule has 0 saturated carbocycles. The Morgan fingerprint density at radius 3 is 2.37 bits per heavy atom. The van der Waals surface area contributed by atoms with E-state index in [2.05, 4.69) is 26.1 Å². The van der Waals surface area contributed by atoms with Gasteiger partial charge in [0.25, 0.3) is 5.89 Å². The lowest BCUT2D eigenvalue weighted by Crippen LogP contribution is -1.84. The van der Waals surface area contributed by atoms with Crippen LogP contribution in [0.1, 0.15) is 5.56 Å². The second kappa shape index (κ2) is 4.97. The number of nitrogens with zero attached hydrogens (tertiary/aromatic N) is 2. The summed E-state index contributed by atoms with van der Waals surface area (Å²) in [6, 6.07) is 15.8. The van der Waals surface area contributed by atoms with E-state index in [9.17, 15) is 0 Å². The summed E-state index contributed by atoms with van der Waals surface area (Å²) in [6.45, 7) is 2.03. The molecule has 0 aliphatic rings. The molecule has 1 aromatic heterocycles. The Morgan fingerprint density at radius 1 is 0.947 bits per heavy atom. The van der Waals surface area contributed by atoms with Gasteiger partial charge < -0.3 is 4.52 Å². The Labute approximate surface area is 119 Å². The topological polar surface area (TPSA) is 38.9 Å². The molecule has 4 heteroatoms. The van der Waals surface area contributed by atoms with E-state index in [4.69, 9.17) is 4.52 Å². The highest BCUT2D eigenvalue weighted by atomic mass is 79.9. The third-order valence-corrected chi connectivity index (χ3v) is 3.61. The highest BCUT2D eigenvalue weighted by Crippen LogP contribution is 2.28. The first-order valence-electron chi connectivity index (χ1n) is 5.90. The van der Waals surface area contributed by atoms with Gasteiger partial charge in [0.05, 0.1) is 0 Å². The fourth-order valence-electron chi connectivity index (χ4n) is 1.90. The Morgan fingerprint density at radius 2 is 1.63 bits per heavy atom. The molecule has 0 atom stereocenters. The molecule has 0 unspecified atom stereocenters. The molecular formula is C15H11BrN2O. The fraction of sp³-hybridized carbons (Fsp3) is 0.0667. The van der Waals surface area contributed by atoms with Crippen LogP contribution >= 0.6 is 15.9 Å². The SMILES string of the molecule is Cc1ccccc1-c1nc(-c2ccccc2Br)no1. The van der Waals surface area contributed by atoms with Crippen molar-refractivity contribution >= 4 is 15.9 Å². The number of hydrogen-bond acceptors (Lipinski definition) is 3. The van der Waals surface area contributed by atoms with Crippen LogP contribution in [0.4, 0.5) is 0 Å². The monoisotopic (exact) mass is 314 g/mol. The largest absolute Gasteiger partial charge is 0.334 e. The van der Waals surface area contributed by atoms with Crippen LogP contribution in [0.5, 0.6) is 0 Å². The minimum atomic E-state index is 0.545. The standard InChI is InChI=1S/C15H11BrN2O/c1-10-6-2-3-7-11(10)15-17-14(18-19-15)12-8-4-5-9-13(12)16/h2-9H,1H3. The molecule has 3 aromatic rings. The zero-order valence-electron chi connectivity index (χ0n) is 10.3. The maximum absolute atomic E-state index is 5.36. The first-order valence-corrected chi connectivity index (χ1v) is 6.69. The van der Waals surface area contributed by atoms with E-state index >= 15 is 0 Å². The van der Waals surface area contributed by atoms with Gasteiger partial charge in [-0.25, -0.2) is 0 Å². The lowest BCUT2D eigenvalue weighted by Gasteiger charge is -1.98. The van der Waals surface area contributed by atoms with Crippen LogP contribution in [0.25, 0.3) is 22.8 Å². The van der Waals surface area contributed by atoms with E-state index in [1.165, 1.54) is 0 Å². The van der Waals surface area contributed by atoms with Gasteiger partial charge in [0, 0.05) is 15.6 Å². The van der Waals surface area contributed by atoms with Gasteiger partial charge in [0.15, 0.2) is 0 Å². The second-order valence-electron chi connectivity index (χ2n) is 4.22. The zero-order valence-corrected chi connectivity index (χ0v) is 11.9. The van der Waals surface area contributed by atoms with Crippen LogP contribution in [0.3, 0.4) is 0 Å². The molecule has 0 N–H and O–H groups in total. The van der Waals surface area contributed by atoms with Crippen LogP contribution in [0, 0.1) is 6.92 Å². The number of aromatic nitrogens is 2. The summed E-state index contributed by atoms with van der Waals surface area (Å²) >= 11 is 3.49. The Bertz CT molecular complexity index is 661. The van der Waals surface area contributed by atoms with Gasteiger partial charge in [-0.3, -0.25) is 0 Å². The molecule has 0 amide bonds. The molecule has 94 valence electrons. The molecule has 0 spiro atoms. The third kappa shape index (κ3) is 2.31. The van der Waals surface area contributed by atoms with Gasteiger partial charge >= 0.3 is 0 Å². The van der Waals surface area contributed by atoms with Crippen molar-refractivity contribution in [2.45, 2.75) is 6.92 Å². The molecule has 2 aromatic carbocycles. The predicted octanol–water partition coefficient (Wildman–Crippen LogP) is 4.47. The van der Waals surface area contributed by atoms with E-state index in [1.54, 1.807) is 0 Å². The summed E-state index contributed by atoms with van der Waals surface area (Å²) in [6.07, 6.45) is 0. The van der Waals surface area contributed by atoms with E-state index in [-0.39, 0.29) is 0 Å². The average molecular weight is 315 g/mol. The minimum Gasteiger partial charge on any atom is -0.334 e. The summed E-state index contributed by atoms with van der Waals surface area (Å²) in [5, 5.41) is 4.05. The predicted molar refractivity (Wildman–Crippen MR) is 77.6 cm³/mol. The molecule has 3 rings (SSSR count). The summed E-state index contributed by atoms with van der Waals surface area (Å²) in [5.74, 6) is 1.13. The Kier molecular flexibility index (Phi) is 3.17. The number of halogens is 1. The van der Waals surface area contributed by atoms with Crippen molar-refractivity contribution in [2.75, 3.05) is 0 Å². The molecule has 3 nitrogen and oxygen atoms in total. The maximum Gasteiger partial charge on any atom is 0.258 e. The van der Waals surface area contributed by atoms with Crippen LogP contribution < -0.4 is 0 Å². The summed E-state index contributed by atoms with van der Waals surface area (Å²) in [5.41, 5.74) is 3.00. The molecule has 0 aliphatic carbocycles. The summed E-state index contributed by atoms with van der Waals surface area (Å²) < 4.78 is 6.31. The van der Waals surface area contributed by atoms with Crippen molar-refractivity contribution in [2.24, 2.45) is 0 Å². The van der Waals surface area contributed by atoms with Crippen molar-refractivity contribution in [3.8, 4) is 22.8 Å². The number of rotatable bonds is 2.